The van der Waals surface area contributed by atoms with Crippen LogP contribution in [0.25, 0.3) is 98.2 Å². The molecule has 0 aliphatic rings. The van der Waals surface area contributed by atoms with Gasteiger partial charge in [0, 0.05) is 36.9 Å². The van der Waals surface area contributed by atoms with Crippen LogP contribution in [0.15, 0.2) is 194 Å². The number of thiophene rings is 1. The minimum Gasteiger partial charge on any atom is -0.228 e. The minimum atomic E-state index is 0.705. The Kier molecular flexibility index (Phi) is 7.71. The molecule has 0 unspecified atom stereocenters. The molecule has 3 heteroatoms. The molecular weight excluding hydrogens is 661 g/mol. The summed E-state index contributed by atoms with van der Waals surface area (Å²) in [4.78, 5) is 10.5. The van der Waals surface area contributed by atoms with Crippen molar-refractivity contribution in [2.75, 3.05) is 0 Å². The normalized spacial score (nSPS) is 11.4. The quantitative estimate of drug-likeness (QED) is 0.173. The SMILES string of the molecule is c1ccc(-c2ccc(-c3cc(-c4cc(-c5cccc6ccccc56)nc(-c5ccccc5)n4)cc(-c4cccc5c4sc4ccccc45)c3)cc2)cc1. The second-order valence-electron chi connectivity index (χ2n) is 13.4. The molecule has 10 aromatic rings. The van der Waals surface area contributed by atoms with Gasteiger partial charge in [-0.15, -0.1) is 11.3 Å². The first-order valence-corrected chi connectivity index (χ1v) is 18.7. The number of nitrogens with zero attached hydrogens (tertiary/aromatic N) is 2. The van der Waals surface area contributed by atoms with Crippen LogP contribution in [0.5, 0.6) is 0 Å². The molecule has 53 heavy (non-hydrogen) atoms. The van der Waals surface area contributed by atoms with Gasteiger partial charge in [-0.2, -0.15) is 0 Å². The average molecular weight is 693 g/mol. The Morgan fingerprint density at radius 2 is 0.868 bits per heavy atom. The molecule has 2 nitrogen and oxygen atoms in total. The van der Waals surface area contributed by atoms with Crippen LogP contribution in [0.4, 0.5) is 0 Å². The van der Waals surface area contributed by atoms with Crippen molar-refractivity contribution in [3.63, 3.8) is 0 Å². The number of aromatic nitrogens is 2. The molecule has 0 bridgehead atoms. The lowest BCUT2D eigenvalue weighted by atomic mass is 9.93. The minimum absolute atomic E-state index is 0.705. The lowest BCUT2D eigenvalue weighted by Crippen LogP contribution is -1.97. The third-order valence-electron chi connectivity index (χ3n) is 10.1. The zero-order chi connectivity index (χ0) is 35.1. The third-order valence-corrected chi connectivity index (χ3v) is 11.3. The summed E-state index contributed by atoms with van der Waals surface area (Å²) in [6, 6.07) is 69.3. The van der Waals surface area contributed by atoms with E-state index in [0.29, 0.717) is 5.82 Å². The summed E-state index contributed by atoms with van der Waals surface area (Å²) in [6.45, 7) is 0. The fraction of sp³-hybridized carbons (Fsp3) is 0. The predicted molar refractivity (Wildman–Crippen MR) is 225 cm³/mol. The highest BCUT2D eigenvalue weighted by atomic mass is 32.1. The second kappa shape index (κ2) is 13.1. The monoisotopic (exact) mass is 692 g/mol. The van der Waals surface area contributed by atoms with Gasteiger partial charge in [-0.25, -0.2) is 9.97 Å². The van der Waals surface area contributed by atoms with E-state index in [2.05, 4.69) is 176 Å². The fourth-order valence-corrected chi connectivity index (χ4v) is 8.69. The molecule has 0 radical (unpaired) electrons. The summed E-state index contributed by atoms with van der Waals surface area (Å²) in [5.41, 5.74) is 12.0. The Balaban J connectivity index is 1.21. The Morgan fingerprint density at radius 1 is 0.321 bits per heavy atom. The van der Waals surface area contributed by atoms with Crippen LogP contribution >= 0.6 is 11.3 Å². The van der Waals surface area contributed by atoms with Crippen molar-refractivity contribution in [1.82, 2.24) is 9.97 Å². The van der Waals surface area contributed by atoms with Gasteiger partial charge in [-0.1, -0.05) is 164 Å². The van der Waals surface area contributed by atoms with Crippen LogP contribution < -0.4 is 0 Å². The van der Waals surface area contributed by atoms with E-state index in [1.165, 1.54) is 47.6 Å². The summed E-state index contributed by atoms with van der Waals surface area (Å²) in [5.74, 6) is 0.705. The van der Waals surface area contributed by atoms with Gasteiger partial charge in [-0.3, -0.25) is 0 Å². The van der Waals surface area contributed by atoms with Crippen LogP contribution in [0.3, 0.4) is 0 Å². The number of benzene rings is 8. The standard InChI is InChI=1S/C50H32N2S/c1-3-13-33(14-4-1)34-25-27-35(28-26-34)38-29-39(42-21-12-23-45-44-20-9-10-24-48(44)53-49(42)45)31-40(30-38)46-32-47(52-50(51-46)37-16-5-2-6-17-37)43-22-11-18-36-15-7-8-19-41(36)43/h1-32H. The van der Waals surface area contributed by atoms with Crippen molar-refractivity contribution in [2.24, 2.45) is 0 Å². The molecule has 2 aromatic heterocycles. The first kappa shape index (κ1) is 31.1. The molecule has 0 aliphatic carbocycles. The average Bonchev–Trinajstić information content (AvgIpc) is 3.63. The Labute approximate surface area is 312 Å². The van der Waals surface area contributed by atoms with Crippen LogP contribution in [-0.2, 0) is 0 Å². The van der Waals surface area contributed by atoms with Gasteiger partial charge >= 0.3 is 0 Å². The maximum absolute atomic E-state index is 5.29. The maximum Gasteiger partial charge on any atom is 0.160 e. The molecule has 0 saturated carbocycles. The van der Waals surface area contributed by atoms with Crippen molar-refractivity contribution in [3.05, 3.63) is 194 Å². The zero-order valence-corrected chi connectivity index (χ0v) is 29.6. The maximum atomic E-state index is 5.29. The van der Waals surface area contributed by atoms with Gasteiger partial charge in [-0.05, 0) is 74.5 Å². The summed E-state index contributed by atoms with van der Waals surface area (Å²) in [7, 11) is 0. The van der Waals surface area contributed by atoms with Crippen LogP contribution in [0, 0.1) is 0 Å². The van der Waals surface area contributed by atoms with Gasteiger partial charge in [0.15, 0.2) is 5.82 Å². The topological polar surface area (TPSA) is 25.8 Å². The first-order valence-electron chi connectivity index (χ1n) is 17.9. The molecule has 0 saturated heterocycles. The summed E-state index contributed by atoms with van der Waals surface area (Å²) < 4.78 is 2.59. The number of rotatable bonds is 6. The zero-order valence-electron chi connectivity index (χ0n) is 28.8. The lowest BCUT2D eigenvalue weighted by molar-refractivity contribution is 1.18. The van der Waals surface area contributed by atoms with E-state index >= 15 is 0 Å². The van der Waals surface area contributed by atoms with E-state index < -0.39 is 0 Å². The molecule has 0 spiro atoms. The predicted octanol–water partition coefficient (Wildman–Crippen LogP) is 14.0. The van der Waals surface area contributed by atoms with Crippen molar-refractivity contribution < 1.29 is 0 Å². The molecular formula is C50H32N2S. The molecule has 10 rings (SSSR count). The van der Waals surface area contributed by atoms with Crippen LogP contribution in [0.1, 0.15) is 0 Å². The Bertz CT molecular complexity index is 2920. The van der Waals surface area contributed by atoms with Crippen molar-refractivity contribution in [1.29, 1.82) is 0 Å². The third kappa shape index (κ3) is 5.78. The smallest absolute Gasteiger partial charge is 0.160 e. The van der Waals surface area contributed by atoms with Gasteiger partial charge in [0.2, 0.25) is 0 Å². The molecule has 2 heterocycles. The number of hydrogen-bond donors (Lipinski definition) is 0. The van der Waals surface area contributed by atoms with Crippen molar-refractivity contribution in [3.8, 4) is 67.3 Å². The van der Waals surface area contributed by atoms with E-state index in [1.807, 2.05) is 29.5 Å². The highest BCUT2D eigenvalue weighted by Gasteiger charge is 2.17. The van der Waals surface area contributed by atoms with Gasteiger partial charge in [0.25, 0.3) is 0 Å². The highest BCUT2D eigenvalue weighted by Crippen LogP contribution is 2.42. The molecule has 248 valence electrons. The van der Waals surface area contributed by atoms with Crippen LogP contribution in [-0.4, -0.2) is 9.97 Å². The van der Waals surface area contributed by atoms with E-state index in [0.717, 1.165) is 44.8 Å². The second-order valence-corrected chi connectivity index (χ2v) is 14.4. The molecule has 0 aliphatic heterocycles. The van der Waals surface area contributed by atoms with Crippen molar-refractivity contribution in [2.45, 2.75) is 0 Å². The van der Waals surface area contributed by atoms with Gasteiger partial charge < -0.3 is 0 Å². The van der Waals surface area contributed by atoms with E-state index in [9.17, 15) is 0 Å². The summed E-state index contributed by atoms with van der Waals surface area (Å²) in [5, 5.41) is 4.94. The Morgan fingerprint density at radius 3 is 1.68 bits per heavy atom. The number of fused-ring (bicyclic) bond motifs is 4. The Hall–Kier alpha value is -6.68. The molecule has 8 aromatic carbocycles. The molecule has 0 atom stereocenters. The largest absolute Gasteiger partial charge is 0.228 e. The van der Waals surface area contributed by atoms with Gasteiger partial charge in [0.1, 0.15) is 0 Å². The van der Waals surface area contributed by atoms with Crippen molar-refractivity contribution >= 4 is 42.3 Å². The van der Waals surface area contributed by atoms with E-state index in [-0.39, 0.29) is 0 Å². The highest BCUT2D eigenvalue weighted by molar-refractivity contribution is 7.26. The first-order chi connectivity index (χ1) is 26.2. The lowest BCUT2D eigenvalue weighted by Gasteiger charge is -2.14. The van der Waals surface area contributed by atoms with E-state index in [4.69, 9.17) is 9.97 Å². The van der Waals surface area contributed by atoms with Crippen LogP contribution in [0.2, 0.25) is 0 Å². The summed E-state index contributed by atoms with van der Waals surface area (Å²) in [6.07, 6.45) is 0. The molecule has 0 amide bonds. The summed E-state index contributed by atoms with van der Waals surface area (Å²) >= 11 is 1.86. The fourth-order valence-electron chi connectivity index (χ4n) is 7.46. The molecule has 0 N–H and O–H groups in total. The van der Waals surface area contributed by atoms with E-state index in [1.54, 1.807) is 0 Å². The number of hydrogen-bond acceptors (Lipinski definition) is 3. The molecule has 0 fully saturated rings. The van der Waals surface area contributed by atoms with Gasteiger partial charge in [0.05, 0.1) is 11.4 Å².